The molecule has 28 heavy (non-hydrogen) atoms. The summed E-state index contributed by atoms with van der Waals surface area (Å²) in [5.74, 6) is -0.0767. The van der Waals surface area contributed by atoms with Crippen LogP contribution in [0, 0.1) is 10.1 Å². The highest BCUT2D eigenvalue weighted by molar-refractivity contribution is 5.97. The zero-order chi connectivity index (χ0) is 20.3. The number of nitrogens with zero attached hydrogens (tertiary/aromatic N) is 3. The number of benzene rings is 2. The van der Waals surface area contributed by atoms with Crippen molar-refractivity contribution in [2.75, 3.05) is 25.0 Å². The van der Waals surface area contributed by atoms with Crippen molar-refractivity contribution in [1.29, 1.82) is 0 Å². The minimum atomic E-state index is -2.87. The fourth-order valence-corrected chi connectivity index (χ4v) is 3.20. The highest BCUT2D eigenvalue weighted by Crippen LogP contribution is 2.31. The second kappa shape index (κ2) is 8.30. The number of amides is 1. The molecular formula is C19H19F2N3O4. The van der Waals surface area contributed by atoms with E-state index in [4.69, 9.17) is 0 Å². The molecule has 0 spiro atoms. The molecule has 9 heteroatoms. The molecule has 0 saturated carbocycles. The first kappa shape index (κ1) is 19.7. The first-order valence-corrected chi connectivity index (χ1v) is 8.63. The van der Waals surface area contributed by atoms with Gasteiger partial charge < -0.3 is 9.64 Å². The summed E-state index contributed by atoms with van der Waals surface area (Å²) >= 11 is 0. The average Bonchev–Trinajstić information content (AvgIpc) is 3.06. The average molecular weight is 391 g/mol. The fourth-order valence-electron chi connectivity index (χ4n) is 3.20. The van der Waals surface area contributed by atoms with E-state index in [0.717, 1.165) is 11.1 Å². The van der Waals surface area contributed by atoms with E-state index in [2.05, 4.69) is 4.74 Å². The molecule has 0 fully saturated rings. The molecule has 7 nitrogen and oxygen atoms in total. The van der Waals surface area contributed by atoms with Crippen molar-refractivity contribution in [2.45, 2.75) is 19.6 Å². The maximum Gasteiger partial charge on any atom is 0.387 e. The van der Waals surface area contributed by atoms with Crippen molar-refractivity contribution in [3.63, 3.8) is 0 Å². The van der Waals surface area contributed by atoms with Crippen LogP contribution in [-0.4, -0.2) is 42.5 Å². The number of hydrogen-bond donors (Lipinski definition) is 0. The van der Waals surface area contributed by atoms with Gasteiger partial charge in [-0.25, -0.2) is 0 Å². The lowest BCUT2D eigenvalue weighted by molar-refractivity contribution is -0.384. The highest BCUT2D eigenvalue weighted by Gasteiger charge is 2.27. The molecule has 0 bridgehead atoms. The maximum atomic E-state index is 12.7. The van der Waals surface area contributed by atoms with Gasteiger partial charge in [0.05, 0.1) is 17.2 Å². The number of likely N-dealkylation sites (N-methyl/N-ethyl adjacent to an activating group) is 1. The predicted octanol–water partition coefficient (Wildman–Crippen LogP) is 3.22. The Bertz CT molecular complexity index is 874. The molecule has 0 N–H and O–H groups in total. The van der Waals surface area contributed by atoms with Gasteiger partial charge in [-0.05, 0) is 36.7 Å². The lowest BCUT2D eigenvalue weighted by Gasteiger charge is -2.22. The molecule has 0 unspecified atom stereocenters. The normalized spacial score (nSPS) is 13.1. The third kappa shape index (κ3) is 4.61. The lowest BCUT2D eigenvalue weighted by atomic mass is 10.1. The van der Waals surface area contributed by atoms with Crippen LogP contribution in [0.4, 0.5) is 20.2 Å². The molecule has 2 aromatic rings. The van der Waals surface area contributed by atoms with E-state index in [9.17, 15) is 23.7 Å². The van der Waals surface area contributed by atoms with E-state index in [-0.39, 0.29) is 23.9 Å². The monoisotopic (exact) mass is 391 g/mol. The Morgan fingerprint density at radius 3 is 2.64 bits per heavy atom. The largest absolute Gasteiger partial charge is 0.435 e. The van der Waals surface area contributed by atoms with Gasteiger partial charge in [-0.15, -0.1) is 0 Å². The van der Waals surface area contributed by atoms with Gasteiger partial charge in [-0.1, -0.05) is 18.2 Å². The molecular weight excluding hydrogens is 372 g/mol. The number of alkyl halides is 2. The highest BCUT2D eigenvalue weighted by atomic mass is 19.3. The Balaban J connectivity index is 1.61. The number of hydrogen-bond acceptors (Lipinski definition) is 5. The quantitative estimate of drug-likeness (QED) is 0.535. The second-order valence-corrected chi connectivity index (χ2v) is 6.56. The van der Waals surface area contributed by atoms with Crippen molar-refractivity contribution >= 4 is 17.3 Å². The Kier molecular flexibility index (Phi) is 5.84. The Hall–Kier alpha value is -3.07. The number of carbonyl (C=O) groups is 1. The number of anilines is 1. The third-order valence-electron chi connectivity index (χ3n) is 4.48. The SMILES string of the molecule is CN(CC(=O)N1CCc2ccc([N+](=O)[O-])cc21)Cc1ccc(OC(F)F)cc1. The summed E-state index contributed by atoms with van der Waals surface area (Å²) in [6.07, 6.45) is 0.661. The summed E-state index contributed by atoms with van der Waals surface area (Å²) in [4.78, 5) is 26.5. The Labute approximate surface area is 160 Å². The smallest absolute Gasteiger partial charge is 0.387 e. The lowest BCUT2D eigenvalue weighted by Crippen LogP contribution is -2.37. The number of halogens is 2. The topological polar surface area (TPSA) is 75.9 Å². The van der Waals surface area contributed by atoms with Gasteiger partial charge in [-0.2, -0.15) is 8.78 Å². The van der Waals surface area contributed by atoms with Crippen molar-refractivity contribution in [2.24, 2.45) is 0 Å². The molecule has 2 aromatic carbocycles. The van der Waals surface area contributed by atoms with Crippen LogP contribution in [-0.2, 0) is 17.8 Å². The van der Waals surface area contributed by atoms with E-state index in [1.54, 1.807) is 35.0 Å². The summed E-state index contributed by atoms with van der Waals surface area (Å²) in [7, 11) is 1.77. The number of ether oxygens (including phenoxy) is 1. The number of fused-ring (bicyclic) bond motifs is 1. The minimum absolute atomic E-state index is 0.0436. The van der Waals surface area contributed by atoms with Crippen LogP contribution in [0.25, 0.3) is 0 Å². The van der Waals surface area contributed by atoms with E-state index in [1.807, 2.05) is 0 Å². The summed E-state index contributed by atoms with van der Waals surface area (Å²) in [6, 6.07) is 10.8. The number of non-ortho nitro benzene ring substituents is 1. The molecule has 1 heterocycles. The third-order valence-corrected chi connectivity index (χ3v) is 4.48. The van der Waals surface area contributed by atoms with Gasteiger partial charge >= 0.3 is 6.61 Å². The van der Waals surface area contributed by atoms with E-state index in [0.29, 0.717) is 25.2 Å². The van der Waals surface area contributed by atoms with Crippen molar-refractivity contribution < 1.29 is 23.2 Å². The van der Waals surface area contributed by atoms with Crippen LogP contribution in [0.15, 0.2) is 42.5 Å². The first-order valence-electron chi connectivity index (χ1n) is 8.63. The molecule has 1 amide bonds. The summed E-state index contributed by atoms with van der Waals surface area (Å²) < 4.78 is 28.7. The van der Waals surface area contributed by atoms with Gasteiger partial charge in [0.2, 0.25) is 5.91 Å². The molecule has 0 atom stereocenters. The number of carbonyl (C=O) groups excluding carboxylic acids is 1. The van der Waals surface area contributed by atoms with Crippen LogP contribution in [0.5, 0.6) is 5.75 Å². The van der Waals surface area contributed by atoms with Gasteiger partial charge in [0, 0.05) is 25.2 Å². The van der Waals surface area contributed by atoms with Gasteiger partial charge in [-0.3, -0.25) is 19.8 Å². The van der Waals surface area contributed by atoms with Gasteiger partial charge in [0.1, 0.15) is 5.75 Å². The molecule has 1 aliphatic heterocycles. The number of nitro benzene ring substituents is 1. The zero-order valence-corrected chi connectivity index (χ0v) is 15.2. The predicted molar refractivity (Wildman–Crippen MR) is 98.6 cm³/mol. The van der Waals surface area contributed by atoms with Crippen LogP contribution in [0.2, 0.25) is 0 Å². The van der Waals surface area contributed by atoms with Crippen LogP contribution < -0.4 is 9.64 Å². The van der Waals surface area contributed by atoms with Gasteiger partial charge in [0.25, 0.3) is 5.69 Å². The number of rotatable bonds is 7. The Morgan fingerprint density at radius 1 is 1.29 bits per heavy atom. The summed E-state index contributed by atoms with van der Waals surface area (Å²) in [6.45, 7) is -1.82. The van der Waals surface area contributed by atoms with E-state index in [1.165, 1.54) is 24.3 Å². The van der Waals surface area contributed by atoms with E-state index < -0.39 is 11.5 Å². The first-order chi connectivity index (χ1) is 13.3. The molecule has 1 aliphatic rings. The fraction of sp³-hybridized carbons (Fsp3) is 0.316. The molecule has 0 saturated heterocycles. The molecule has 0 aliphatic carbocycles. The van der Waals surface area contributed by atoms with E-state index >= 15 is 0 Å². The molecule has 148 valence electrons. The maximum absolute atomic E-state index is 12.7. The molecule has 0 aromatic heterocycles. The second-order valence-electron chi connectivity index (χ2n) is 6.56. The van der Waals surface area contributed by atoms with Crippen molar-refractivity contribution in [1.82, 2.24) is 4.90 Å². The Morgan fingerprint density at radius 2 is 2.00 bits per heavy atom. The van der Waals surface area contributed by atoms with Crippen molar-refractivity contribution in [3.05, 3.63) is 63.7 Å². The van der Waals surface area contributed by atoms with Crippen LogP contribution in [0.3, 0.4) is 0 Å². The van der Waals surface area contributed by atoms with Crippen LogP contribution in [0.1, 0.15) is 11.1 Å². The zero-order valence-electron chi connectivity index (χ0n) is 15.2. The summed E-state index contributed by atoms with van der Waals surface area (Å²) in [5.41, 5.74) is 2.30. The minimum Gasteiger partial charge on any atom is -0.435 e. The van der Waals surface area contributed by atoms with Crippen LogP contribution >= 0.6 is 0 Å². The number of nitro groups is 1. The van der Waals surface area contributed by atoms with Gasteiger partial charge in [0.15, 0.2) is 0 Å². The standard InChI is InChI=1S/C19H19F2N3O4/c1-22(11-13-2-6-16(7-3-13)28-19(20)21)12-18(25)23-9-8-14-4-5-15(24(26)27)10-17(14)23/h2-7,10,19H,8-9,11-12H2,1H3. The molecule has 3 rings (SSSR count). The van der Waals surface area contributed by atoms with Crippen molar-refractivity contribution in [3.8, 4) is 5.75 Å². The summed E-state index contributed by atoms with van der Waals surface area (Å²) in [5, 5.41) is 11.0. The molecule has 0 radical (unpaired) electrons.